The summed E-state index contributed by atoms with van der Waals surface area (Å²) in [5, 5.41) is 12.9. The molecule has 26 heavy (non-hydrogen) atoms. The predicted molar refractivity (Wildman–Crippen MR) is 104 cm³/mol. The fourth-order valence-corrected chi connectivity index (χ4v) is 4.47. The van der Waals surface area contributed by atoms with Crippen molar-refractivity contribution in [2.45, 2.75) is 56.4 Å². The van der Waals surface area contributed by atoms with Crippen LogP contribution in [0, 0.1) is 25.2 Å². The summed E-state index contributed by atoms with van der Waals surface area (Å²) in [4.78, 5) is 17.2. The summed E-state index contributed by atoms with van der Waals surface area (Å²) in [6.45, 7) is 5.68. The lowest BCUT2D eigenvalue weighted by molar-refractivity contribution is -0.121. The van der Waals surface area contributed by atoms with Gasteiger partial charge in [-0.3, -0.25) is 4.79 Å². The maximum atomic E-state index is 12.8. The smallest absolute Gasteiger partial charge is 0.233 e. The van der Waals surface area contributed by atoms with Gasteiger partial charge in [-0.25, -0.2) is 4.98 Å². The van der Waals surface area contributed by atoms with Crippen molar-refractivity contribution in [3.63, 3.8) is 0 Å². The van der Waals surface area contributed by atoms with Crippen LogP contribution in [-0.4, -0.2) is 16.1 Å². The number of aromatic nitrogens is 1. The summed E-state index contributed by atoms with van der Waals surface area (Å²) in [6.07, 6.45) is 3.12. The van der Waals surface area contributed by atoms with Crippen molar-refractivity contribution in [1.82, 2.24) is 10.3 Å². The molecule has 0 bridgehead atoms. The summed E-state index contributed by atoms with van der Waals surface area (Å²) >= 11 is 1.36. The molecule has 1 aromatic heterocycles. The molecule has 1 aliphatic carbocycles. The van der Waals surface area contributed by atoms with Crippen LogP contribution in [0.25, 0.3) is 0 Å². The normalized spacial score (nSPS) is 17.1. The van der Waals surface area contributed by atoms with Gasteiger partial charge in [-0.05, 0) is 62.8 Å². The minimum Gasteiger partial charge on any atom is -0.348 e. The number of nitrogens with one attached hydrogen (secondary N) is 1. The molecular weight excluding hydrogens is 342 g/mol. The van der Waals surface area contributed by atoms with E-state index in [1.165, 1.54) is 22.9 Å². The predicted octanol–water partition coefficient (Wildman–Crippen LogP) is 4.24. The van der Waals surface area contributed by atoms with Crippen molar-refractivity contribution >= 4 is 17.7 Å². The van der Waals surface area contributed by atoms with Gasteiger partial charge in [-0.15, -0.1) is 0 Å². The zero-order valence-electron chi connectivity index (χ0n) is 15.4. The molecule has 134 valence electrons. The number of carbonyl (C=O) groups excluding carboxylic acids is 1. The van der Waals surface area contributed by atoms with Gasteiger partial charge < -0.3 is 5.32 Å². The Labute approximate surface area is 159 Å². The Morgan fingerprint density at radius 1 is 1.38 bits per heavy atom. The number of nitrogens with zero attached hydrogens (tertiary/aromatic N) is 2. The fraction of sp³-hybridized carbons (Fsp3) is 0.381. The van der Waals surface area contributed by atoms with E-state index in [4.69, 9.17) is 0 Å². The van der Waals surface area contributed by atoms with Crippen LogP contribution in [0.15, 0.2) is 35.4 Å². The number of aryl methyl sites for hydroxylation is 3. The minimum absolute atomic E-state index is 0.0125. The zero-order chi connectivity index (χ0) is 18.7. The van der Waals surface area contributed by atoms with Crippen LogP contribution in [-0.2, 0) is 11.2 Å². The number of nitriles is 1. The van der Waals surface area contributed by atoms with Gasteiger partial charge >= 0.3 is 0 Å². The first-order valence-electron chi connectivity index (χ1n) is 8.92. The van der Waals surface area contributed by atoms with E-state index in [-0.39, 0.29) is 17.2 Å². The summed E-state index contributed by atoms with van der Waals surface area (Å²) in [7, 11) is 0. The van der Waals surface area contributed by atoms with Crippen molar-refractivity contribution in [2.24, 2.45) is 0 Å². The number of fused-ring (bicyclic) bond motifs is 1. The summed E-state index contributed by atoms with van der Waals surface area (Å²) in [6, 6.07) is 12.5. The van der Waals surface area contributed by atoms with E-state index in [2.05, 4.69) is 34.6 Å². The van der Waals surface area contributed by atoms with E-state index in [1.807, 2.05) is 32.9 Å². The molecular formula is C21H23N3OS. The third kappa shape index (κ3) is 3.91. The molecule has 1 N–H and O–H groups in total. The van der Waals surface area contributed by atoms with Gasteiger partial charge in [0, 0.05) is 5.69 Å². The Hall–Kier alpha value is -2.32. The van der Waals surface area contributed by atoms with Crippen LogP contribution >= 0.6 is 11.8 Å². The minimum atomic E-state index is -0.315. The van der Waals surface area contributed by atoms with Crippen molar-refractivity contribution < 1.29 is 4.79 Å². The topological polar surface area (TPSA) is 65.8 Å². The molecule has 2 aromatic rings. The van der Waals surface area contributed by atoms with E-state index in [1.54, 1.807) is 0 Å². The van der Waals surface area contributed by atoms with Crippen LogP contribution in [0.4, 0.5) is 0 Å². The quantitative estimate of drug-likeness (QED) is 0.823. The van der Waals surface area contributed by atoms with Gasteiger partial charge in [-0.1, -0.05) is 36.0 Å². The van der Waals surface area contributed by atoms with E-state index < -0.39 is 0 Å². The van der Waals surface area contributed by atoms with Gasteiger partial charge in [0.05, 0.1) is 16.9 Å². The molecule has 0 spiro atoms. The Kier molecular flexibility index (Phi) is 5.63. The number of hydrogen-bond donors (Lipinski definition) is 1. The SMILES string of the molecule is Cc1cc(C)c(C#N)c(SC(C)C(=O)NC2CCCc3ccccc32)n1. The van der Waals surface area contributed by atoms with E-state index in [0.29, 0.717) is 10.6 Å². The molecule has 2 atom stereocenters. The highest BCUT2D eigenvalue weighted by atomic mass is 32.2. The Balaban J connectivity index is 1.73. The first-order chi connectivity index (χ1) is 12.5. The Bertz CT molecular complexity index is 872. The Morgan fingerprint density at radius 3 is 2.92 bits per heavy atom. The number of rotatable bonds is 4. The van der Waals surface area contributed by atoms with Crippen LogP contribution < -0.4 is 5.32 Å². The average Bonchev–Trinajstić information content (AvgIpc) is 2.61. The van der Waals surface area contributed by atoms with Gasteiger partial charge in [0.15, 0.2) is 0 Å². The number of hydrogen-bond acceptors (Lipinski definition) is 4. The number of carbonyl (C=O) groups is 1. The second-order valence-corrected chi connectivity index (χ2v) is 8.11. The third-order valence-corrected chi connectivity index (χ3v) is 5.85. The highest BCUT2D eigenvalue weighted by Crippen LogP contribution is 2.31. The van der Waals surface area contributed by atoms with E-state index in [0.717, 1.165) is 30.5 Å². The molecule has 3 rings (SSSR count). The first kappa shape index (κ1) is 18.5. The molecule has 1 amide bonds. The molecule has 0 aliphatic heterocycles. The Morgan fingerprint density at radius 2 is 2.15 bits per heavy atom. The molecule has 1 aliphatic rings. The second kappa shape index (κ2) is 7.92. The fourth-order valence-electron chi connectivity index (χ4n) is 3.44. The number of pyridine rings is 1. The number of thioether (sulfide) groups is 1. The monoisotopic (exact) mass is 365 g/mol. The van der Waals surface area contributed by atoms with Crippen LogP contribution in [0.3, 0.4) is 0 Å². The summed E-state index contributed by atoms with van der Waals surface area (Å²) in [5.41, 5.74) is 4.87. The lowest BCUT2D eigenvalue weighted by atomic mass is 9.88. The highest BCUT2D eigenvalue weighted by Gasteiger charge is 2.25. The largest absolute Gasteiger partial charge is 0.348 e. The molecule has 5 heteroatoms. The van der Waals surface area contributed by atoms with Gasteiger partial charge in [0.1, 0.15) is 11.1 Å². The molecule has 0 saturated heterocycles. The third-order valence-electron chi connectivity index (χ3n) is 4.77. The maximum absolute atomic E-state index is 12.8. The van der Waals surface area contributed by atoms with Crippen LogP contribution in [0.2, 0.25) is 0 Å². The number of amides is 1. The van der Waals surface area contributed by atoms with Crippen molar-refractivity contribution in [2.75, 3.05) is 0 Å². The van der Waals surface area contributed by atoms with Gasteiger partial charge in [0.2, 0.25) is 5.91 Å². The lowest BCUT2D eigenvalue weighted by Gasteiger charge is -2.27. The van der Waals surface area contributed by atoms with Crippen LogP contribution in [0.5, 0.6) is 0 Å². The van der Waals surface area contributed by atoms with Crippen molar-refractivity contribution in [3.8, 4) is 6.07 Å². The highest BCUT2D eigenvalue weighted by molar-refractivity contribution is 8.00. The molecule has 4 nitrogen and oxygen atoms in total. The second-order valence-electron chi connectivity index (χ2n) is 6.78. The van der Waals surface area contributed by atoms with Gasteiger partial charge in [0.25, 0.3) is 0 Å². The first-order valence-corrected chi connectivity index (χ1v) is 9.80. The van der Waals surface area contributed by atoms with Crippen molar-refractivity contribution in [3.05, 3.63) is 58.3 Å². The molecule has 1 heterocycles. The van der Waals surface area contributed by atoms with Crippen LogP contribution in [0.1, 0.15) is 53.8 Å². The average molecular weight is 366 g/mol. The number of benzene rings is 1. The molecule has 0 saturated carbocycles. The van der Waals surface area contributed by atoms with Crippen molar-refractivity contribution in [1.29, 1.82) is 5.26 Å². The van der Waals surface area contributed by atoms with Gasteiger partial charge in [-0.2, -0.15) is 5.26 Å². The molecule has 2 unspecified atom stereocenters. The van der Waals surface area contributed by atoms with E-state index >= 15 is 0 Å². The molecule has 0 radical (unpaired) electrons. The molecule has 1 aromatic carbocycles. The maximum Gasteiger partial charge on any atom is 0.233 e. The summed E-state index contributed by atoms with van der Waals surface area (Å²) < 4.78 is 0. The standard InChI is InChI=1S/C21H23N3OS/c1-13-11-14(2)23-21(18(13)12-22)26-15(3)20(25)24-19-10-6-8-16-7-4-5-9-17(16)19/h4-5,7,9,11,15,19H,6,8,10H2,1-3H3,(H,24,25). The zero-order valence-corrected chi connectivity index (χ0v) is 16.2. The van der Waals surface area contributed by atoms with E-state index in [9.17, 15) is 10.1 Å². The lowest BCUT2D eigenvalue weighted by Crippen LogP contribution is -2.36. The summed E-state index contributed by atoms with van der Waals surface area (Å²) in [5.74, 6) is -0.0125. The molecule has 0 fully saturated rings.